The quantitative estimate of drug-likeness (QED) is 0.452. The van der Waals surface area contributed by atoms with Gasteiger partial charge in [-0.3, -0.25) is 4.99 Å². The maximum atomic E-state index is 10.4. The van der Waals surface area contributed by atoms with Gasteiger partial charge in [0.1, 0.15) is 6.08 Å². The number of hydrogen-bond donors (Lipinski definition) is 0. The van der Waals surface area contributed by atoms with Gasteiger partial charge in [-0.1, -0.05) is 13.8 Å². The Morgan fingerprint density at radius 1 is 1.67 bits per heavy atom. The largest absolute Gasteiger partial charge is 0.600 e. The van der Waals surface area contributed by atoms with Crippen LogP contribution in [0.2, 0.25) is 0 Å². The van der Waals surface area contributed by atoms with Crippen molar-refractivity contribution in [3.8, 4) is 0 Å². The lowest BCUT2D eigenvalue weighted by molar-refractivity contribution is -0.256. The van der Waals surface area contributed by atoms with E-state index in [1.165, 1.54) is 0 Å². The van der Waals surface area contributed by atoms with Crippen LogP contribution in [0.4, 0.5) is 0 Å². The number of aliphatic imine (C=N–C) groups is 1. The number of rotatable bonds is 0. The predicted octanol–water partition coefficient (Wildman–Crippen LogP) is -0.241. The van der Waals surface area contributed by atoms with Crippen LogP contribution < -0.4 is 5.11 Å². The maximum Gasteiger partial charge on any atom is 0.145 e. The minimum Gasteiger partial charge on any atom is -0.600 e. The Balaban J connectivity index is 2.56. The molecule has 3 heteroatoms. The van der Waals surface area contributed by atoms with Crippen molar-refractivity contribution in [2.45, 2.75) is 13.8 Å². The van der Waals surface area contributed by atoms with E-state index in [9.17, 15) is 5.11 Å². The summed E-state index contributed by atoms with van der Waals surface area (Å²) in [5.41, 5.74) is 0.0495. The summed E-state index contributed by atoms with van der Waals surface area (Å²) in [6.45, 7) is 5.12. The molecule has 3 nitrogen and oxygen atoms in total. The van der Waals surface area contributed by atoms with E-state index < -0.39 is 6.08 Å². The molecule has 0 bridgehead atoms. The van der Waals surface area contributed by atoms with Crippen LogP contribution in [-0.2, 0) is 4.74 Å². The van der Waals surface area contributed by atoms with E-state index in [-0.39, 0.29) is 5.41 Å². The summed E-state index contributed by atoms with van der Waals surface area (Å²) in [7, 11) is 0. The lowest BCUT2D eigenvalue weighted by Crippen LogP contribution is -2.35. The number of nitrogens with zero attached hydrogens (tertiary/aromatic N) is 1. The molecule has 0 N–H and O–H groups in total. The molecule has 0 radical (unpaired) electrons. The smallest absolute Gasteiger partial charge is 0.145 e. The van der Waals surface area contributed by atoms with E-state index >= 15 is 0 Å². The van der Waals surface area contributed by atoms with Gasteiger partial charge >= 0.3 is 0 Å². The Kier molecular flexibility index (Phi) is 1.35. The molecule has 0 amide bonds. The van der Waals surface area contributed by atoms with Gasteiger partial charge in [0.2, 0.25) is 0 Å². The fourth-order valence-corrected chi connectivity index (χ4v) is 0.627. The molecule has 0 fully saturated rings. The Hall–Kier alpha value is -0.730. The molecule has 0 unspecified atom stereocenters. The highest BCUT2D eigenvalue weighted by atomic mass is 16.6. The van der Waals surface area contributed by atoms with Gasteiger partial charge in [-0.05, 0) is 5.41 Å². The van der Waals surface area contributed by atoms with Crippen molar-refractivity contribution >= 4 is 6.08 Å². The molecule has 0 spiro atoms. The molecule has 0 aromatic heterocycles. The molecular weight excluding hydrogens is 118 g/mol. The first-order valence-corrected chi connectivity index (χ1v) is 2.94. The van der Waals surface area contributed by atoms with Crippen LogP contribution >= 0.6 is 0 Å². The van der Waals surface area contributed by atoms with E-state index in [2.05, 4.69) is 9.73 Å². The van der Waals surface area contributed by atoms with Crippen molar-refractivity contribution < 1.29 is 9.84 Å². The van der Waals surface area contributed by atoms with Gasteiger partial charge in [-0.25, -0.2) is 0 Å². The summed E-state index contributed by atoms with van der Waals surface area (Å²) in [5, 5.41) is 10.4. The highest BCUT2D eigenvalue weighted by Crippen LogP contribution is 2.18. The molecule has 0 saturated heterocycles. The van der Waals surface area contributed by atoms with Crippen molar-refractivity contribution in [1.29, 1.82) is 0 Å². The second kappa shape index (κ2) is 1.90. The Morgan fingerprint density at radius 2 is 2.33 bits per heavy atom. The van der Waals surface area contributed by atoms with Crippen LogP contribution in [-0.4, -0.2) is 19.2 Å². The Labute approximate surface area is 54.4 Å². The molecule has 1 rings (SSSR count). The Morgan fingerprint density at radius 3 is 2.67 bits per heavy atom. The molecular formula is C6H10NO2-. The highest BCUT2D eigenvalue weighted by molar-refractivity contribution is 5.62. The third-order valence-corrected chi connectivity index (χ3v) is 1.22. The zero-order valence-electron chi connectivity index (χ0n) is 5.68. The van der Waals surface area contributed by atoms with Crippen molar-refractivity contribution in [2.75, 3.05) is 13.2 Å². The third-order valence-electron chi connectivity index (χ3n) is 1.22. The molecule has 0 atom stereocenters. The van der Waals surface area contributed by atoms with Crippen LogP contribution in [0.3, 0.4) is 0 Å². The van der Waals surface area contributed by atoms with Crippen LogP contribution in [0.15, 0.2) is 4.99 Å². The molecule has 1 aliphatic rings. The fraction of sp³-hybridized carbons (Fsp3) is 0.833. The SMILES string of the molecule is CC1(C)CN=C([O-])OC1. The van der Waals surface area contributed by atoms with Crippen molar-refractivity contribution in [3.05, 3.63) is 0 Å². The molecule has 1 aliphatic heterocycles. The monoisotopic (exact) mass is 128 g/mol. The van der Waals surface area contributed by atoms with E-state index in [0.29, 0.717) is 13.2 Å². The van der Waals surface area contributed by atoms with Gasteiger partial charge in [0.15, 0.2) is 0 Å². The van der Waals surface area contributed by atoms with Gasteiger partial charge in [-0.2, -0.15) is 0 Å². The van der Waals surface area contributed by atoms with Gasteiger partial charge in [0, 0.05) is 13.2 Å². The summed E-state index contributed by atoms with van der Waals surface area (Å²) in [6, 6.07) is 0. The highest BCUT2D eigenvalue weighted by Gasteiger charge is 2.17. The second-order valence-electron chi connectivity index (χ2n) is 3.04. The lowest BCUT2D eigenvalue weighted by atomic mass is 9.95. The van der Waals surface area contributed by atoms with E-state index in [1.54, 1.807) is 0 Å². The number of ether oxygens (including phenoxy) is 1. The molecule has 52 valence electrons. The average molecular weight is 128 g/mol. The average Bonchev–Trinajstić information content (AvgIpc) is 1.78. The predicted molar refractivity (Wildman–Crippen MR) is 32.0 cm³/mol. The zero-order valence-corrected chi connectivity index (χ0v) is 5.68. The van der Waals surface area contributed by atoms with Gasteiger partial charge in [-0.15, -0.1) is 0 Å². The van der Waals surface area contributed by atoms with Crippen molar-refractivity contribution in [1.82, 2.24) is 0 Å². The van der Waals surface area contributed by atoms with Crippen LogP contribution in [0, 0.1) is 5.41 Å². The molecule has 0 aromatic carbocycles. The molecule has 1 heterocycles. The minimum atomic E-state index is -0.422. The third kappa shape index (κ3) is 1.59. The maximum absolute atomic E-state index is 10.4. The van der Waals surface area contributed by atoms with Crippen molar-refractivity contribution in [2.24, 2.45) is 10.4 Å². The minimum absolute atomic E-state index is 0.0495. The molecule has 9 heavy (non-hydrogen) atoms. The topological polar surface area (TPSA) is 44.7 Å². The van der Waals surface area contributed by atoms with Crippen LogP contribution in [0.5, 0.6) is 0 Å². The summed E-state index contributed by atoms with van der Waals surface area (Å²) in [5.74, 6) is 0. The van der Waals surface area contributed by atoms with E-state index in [0.717, 1.165) is 0 Å². The zero-order chi connectivity index (χ0) is 6.91. The lowest BCUT2D eigenvalue weighted by Gasteiger charge is -2.32. The van der Waals surface area contributed by atoms with Gasteiger partial charge < -0.3 is 9.84 Å². The molecule has 0 aromatic rings. The fourth-order valence-electron chi connectivity index (χ4n) is 0.627. The van der Waals surface area contributed by atoms with Crippen LogP contribution in [0.1, 0.15) is 13.8 Å². The Bertz CT molecular complexity index is 140. The summed E-state index contributed by atoms with van der Waals surface area (Å²) < 4.78 is 4.69. The van der Waals surface area contributed by atoms with Crippen molar-refractivity contribution in [3.63, 3.8) is 0 Å². The summed E-state index contributed by atoms with van der Waals surface area (Å²) in [4.78, 5) is 3.62. The normalized spacial score (nSPS) is 24.4. The molecule has 0 saturated carbocycles. The standard InChI is InChI=1S/C6H11NO2/c1-6(2)3-7-5(8)9-4-6/h3-4H2,1-2H3,(H,7,8)/p-1. The first-order valence-electron chi connectivity index (χ1n) is 2.94. The second-order valence-corrected chi connectivity index (χ2v) is 3.04. The summed E-state index contributed by atoms with van der Waals surface area (Å²) >= 11 is 0. The number of hydrogen-bond acceptors (Lipinski definition) is 3. The van der Waals surface area contributed by atoms with Crippen LogP contribution in [0.25, 0.3) is 0 Å². The first kappa shape index (κ1) is 6.39. The van der Waals surface area contributed by atoms with E-state index in [4.69, 9.17) is 0 Å². The summed E-state index contributed by atoms with van der Waals surface area (Å²) in [6.07, 6.45) is -0.422. The van der Waals surface area contributed by atoms with Gasteiger partial charge in [0.05, 0.1) is 0 Å². The molecule has 0 aliphatic carbocycles. The van der Waals surface area contributed by atoms with E-state index in [1.807, 2.05) is 13.8 Å². The van der Waals surface area contributed by atoms with Gasteiger partial charge in [0.25, 0.3) is 0 Å². The first-order chi connectivity index (χ1) is 4.10.